The summed E-state index contributed by atoms with van der Waals surface area (Å²) in [6.45, 7) is 4.81. The summed E-state index contributed by atoms with van der Waals surface area (Å²) in [5, 5.41) is 16.1. The molecule has 1 aromatic carbocycles. The number of nitriles is 1. The summed E-state index contributed by atoms with van der Waals surface area (Å²) in [7, 11) is 0. The summed E-state index contributed by atoms with van der Waals surface area (Å²) in [5.74, 6) is 0.0495. The van der Waals surface area contributed by atoms with E-state index < -0.39 is 11.3 Å². The summed E-state index contributed by atoms with van der Waals surface area (Å²) in [4.78, 5) is 17.0. The van der Waals surface area contributed by atoms with Crippen LogP contribution in [0.5, 0.6) is 5.75 Å². The second-order valence-corrected chi connectivity index (χ2v) is 7.68. The van der Waals surface area contributed by atoms with Gasteiger partial charge < -0.3 is 10.1 Å². The molecule has 1 fully saturated rings. The lowest BCUT2D eigenvalue weighted by Gasteiger charge is -2.19. The summed E-state index contributed by atoms with van der Waals surface area (Å²) in [6, 6.07) is 11.5. The molecular weight excluding hydrogens is 397 g/mol. The van der Waals surface area contributed by atoms with Crippen LogP contribution in [0.25, 0.3) is 0 Å². The Morgan fingerprint density at radius 1 is 1.42 bits per heavy atom. The molecule has 3 aromatic rings. The van der Waals surface area contributed by atoms with Gasteiger partial charge in [0.2, 0.25) is 5.91 Å². The molecule has 2 unspecified atom stereocenters. The highest BCUT2D eigenvalue weighted by atomic mass is 19.1. The van der Waals surface area contributed by atoms with Gasteiger partial charge in [-0.25, -0.2) is 9.37 Å². The van der Waals surface area contributed by atoms with Gasteiger partial charge >= 0.3 is 0 Å². The quantitative estimate of drug-likeness (QED) is 0.632. The zero-order chi connectivity index (χ0) is 22.0. The molecule has 0 bridgehead atoms. The van der Waals surface area contributed by atoms with Crippen molar-refractivity contribution in [3.8, 4) is 11.8 Å². The van der Waals surface area contributed by atoms with Crippen LogP contribution in [0.15, 0.2) is 48.8 Å². The first-order valence-electron chi connectivity index (χ1n) is 10.0. The van der Waals surface area contributed by atoms with Crippen LogP contribution in [0.1, 0.15) is 30.2 Å². The Hall–Kier alpha value is -3.73. The maximum absolute atomic E-state index is 14.0. The van der Waals surface area contributed by atoms with Crippen molar-refractivity contribution in [2.75, 3.05) is 11.9 Å². The highest BCUT2D eigenvalue weighted by Crippen LogP contribution is 2.55. The smallest absolute Gasteiger partial charge is 0.229 e. The highest BCUT2D eigenvalue weighted by Gasteiger charge is 2.60. The second-order valence-electron chi connectivity index (χ2n) is 7.68. The number of benzene rings is 1. The molecule has 4 rings (SSSR count). The number of aromatic nitrogens is 3. The Morgan fingerprint density at radius 3 is 2.90 bits per heavy atom. The molecule has 1 amide bonds. The average Bonchev–Trinajstić information content (AvgIpc) is 3.41. The monoisotopic (exact) mass is 419 g/mol. The van der Waals surface area contributed by atoms with Gasteiger partial charge in [0.15, 0.2) is 5.75 Å². The number of halogens is 1. The van der Waals surface area contributed by atoms with E-state index in [2.05, 4.69) is 15.4 Å². The lowest BCUT2D eigenvalue weighted by atomic mass is 9.93. The van der Waals surface area contributed by atoms with Crippen molar-refractivity contribution in [1.82, 2.24) is 14.8 Å². The molecule has 2 atom stereocenters. The first-order valence-corrected chi connectivity index (χ1v) is 10.0. The van der Waals surface area contributed by atoms with Crippen molar-refractivity contribution in [2.24, 2.45) is 5.92 Å². The summed E-state index contributed by atoms with van der Waals surface area (Å²) < 4.78 is 21.8. The van der Waals surface area contributed by atoms with Gasteiger partial charge in [0.1, 0.15) is 23.4 Å². The normalized spacial score (nSPS) is 19.5. The summed E-state index contributed by atoms with van der Waals surface area (Å²) in [5.41, 5.74) is 1.26. The van der Waals surface area contributed by atoms with Gasteiger partial charge in [-0.2, -0.15) is 10.4 Å². The first-order chi connectivity index (χ1) is 14.9. The number of hydrogen-bond acceptors (Lipinski definition) is 5. The Kier molecular flexibility index (Phi) is 5.42. The van der Waals surface area contributed by atoms with Crippen LogP contribution in [-0.2, 0) is 16.8 Å². The number of pyridine rings is 1. The molecular formula is C23H22FN5O2. The number of anilines is 1. The second kappa shape index (κ2) is 8.19. The number of nitrogens with one attached hydrogen (secondary N) is 1. The number of carbonyl (C=O) groups excluding carboxylic acids is 1. The number of nitrogens with zero attached hydrogens (tertiary/aromatic N) is 4. The predicted molar refractivity (Wildman–Crippen MR) is 112 cm³/mol. The van der Waals surface area contributed by atoms with Crippen LogP contribution < -0.4 is 10.1 Å². The van der Waals surface area contributed by atoms with E-state index in [1.807, 2.05) is 32.2 Å². The molecule has 2 heterocycles. The van der Waals surface area contributed by atoms with E-state index in [0.717, 1.165) is 17.8 Å². The number of carbonyl (C=O) groups is 1. The first kappa shape index (κ1) is 20.5. The van der Waals surface area contributed by atoms with Crippen molar-refractivity contribution >= 4 is 11.7 Å². The Labute approximate surface area is 179 Å². The third kappa shape index (κ3) is 4.12. The Balaban J connectivity index is 1.55. The molecule has 0 saturated heterocycles. The van der Waals surface area contributed by atoms with E-state index >= 15 is 0 Å². The van der Waals surface area contributed by atoms with Crippen LogP contribution in [0.2, 0.25) is 0 Å². The molecule has 0 radical (unpaired) electrons. The third-order valence-corrected chi connectivity index (χ3v) is 5.65. The minimum Gasteiger partial charge on any atom is -0.489 e. The standard InChI is InChI=1S/C23H22FN5O2/c1-3-29-13-20(15(2)28-29)31-14-23(17-5-4-6-18(24)9-17)10-19(23)22(30)27-21-8-7-16(11-25)12-26-21/h4-9,12-13,19H,3,10,14H2,1-2H3,(H,26,27,30). The van der Waals surface area contributed by atoms with E-state index in [4.69, 9.17) is 10.00 Å². The Morgan fingerprint density at radius 2 is 2.26 bits per heavy atom. The molecule has 0 spiro atoms. The summed E-state index contributed by atoms with van der Waals surface area (Å²) in [6.07, 6.45) is 3.76. The molecule has 1 N–H and O–H groups in total. The molecule has 1 saturated carbocycles. The molecule has 8 heteroatoms. The van der Waals surface area contributed by atoms with Gasteiger partial charge in [-0.3, -0.25) is 9.48 Å². The van der Waals surface area contributed by atoms with Crippen molar-refractivity contribution in [2.45, 2.75) is 32.2 Å². The van der Waals surface area contributed by atoms with Crippen LogP contribution >= 0.6 is 0 Å². The van der Waals surface area contributed by atoms with Gasteiger partial charge in [0.25, 0.3) is 0 Å². The number of aryl methyl sites for hydroxylation is 2. The maximum Gasteiger partial charge on any atom is 0.229 e. The fourth-order valence-corrected chi connectivity index (χ4v) is 3.77. The van der Waals surface area contributed by atoms with Gasteiger partial charge in [-0.15, -0.1) is 0 Å². The topological polar surface area (TPSA) is 92.8 Å². The number of amides is 1. The van der Waals surface area contributed by atoms with Crippen molar-refractivity contribution in [3.05, 3.63) is 71.4 Å². The van der Waals surface area contributed by atoms with Crippen LogP contribution in [0.4, 0.5) is 10.2 Å². The number of ether oxygens (including phenoxy) is 1. The van der Waals surface area contributed by atoms with Gasteiger partial charge in [-0.05, 0) is 50.1 Å². The fraction of sp³-hybridized carbons (Fsp3) is 0.304. The SMILES string of the molecule is CCn1cc(OCC2(c3cccc(F)c3)CC2C(=O)Nc2ccc(C#N)cn2)c(C)n1. The van der Waals surface area contributed by atoms with Crippen molar-refractivity contribution in [1.29, 1.82) is 5.26 Å². The molecule has 1 aliphatic carbocycles. The molecule has 7 nitrogen and oxygen atoms in total. The van der Waals surface area contributed by atoms with Gasteiger partial charge in [0, 0.05) is 18.2 Å². The molecule has 2 aromatic heterocycles. The largest absolute Gasteiger partial charge is 0.489 e. The van der Waals surface area contributed by atoms with Crippen molar-refractivity contribution < 1.29 is 13.9 Å². The van der Waals surface area contributed by atoms with E-state index in [0.29, 0.717) is 23.6 Å². The van der Waals surface area contributed by atoms with E-state index in [1.165, 1.54) is 18.3 Å². The van der Waals surface area contributed by atoms with E-state index in [-0.39, 0.29) is 18.3 Å². The number of hydrogen-bond donors (Lipinski definition) is 1. The van der Waals surface area contributed by atoms with Crippen molar-refractivity contribution in [3.63, 3.8) is 0 Å². The molecule has 158 valence electrons. The zero-order valence-electron chi connectivity index (χ0n) is 17.3. The van der Waals surface area contributed by atoms with Gasteiger partial charge in [-0.1, -0.05) is 12.1 Å². The molecule has 31 heavy (non-hydrogen) atoms. The lowest BCUT2D eigenvalue weighted by Crippen LogP contribution is -2.27. The fourth-order valence-electron chi connectivity index (χ4n) is 3.77. The Bertz CT molecular complexity index is 1150. The highest BCUT2D eigenvalue weighted by molar-refractivity contribution is 5.95. The van der Waals surface area contributed by atoms with Crippen LogP contribution in [0, 0.1) is 30.0 Å². The summed E-state index contributed by atoms with van der Waals surface area (Å²) >= 11 is 0. The predicted octanol–water partition coefficient (Wildman–Crippen LogP) is 3.59. The lowest BCUT2D eigenvalue weighted by molar-refractivity contribution is -0.117. The van der Waals surface area contributed by atoms with E-state index in [1.54, 1.807) is 22.9 Å². The zero-order valence-corrected chi connectivity index (χ0v) is 17.3. The van der Waals surface area contributed by atoms with E-state index in [9.17, 15) is 9.18 Å². The van der Waals surface area contributed by atoms with Crippen LogP contribution in [0.3, 0.4) is 0 Å². The maximum atomic E-state index is 14.0. The molecule has 1 aliphatic rings. The minimum absolute atomic E-state index is 0.217. The minimum atomic E-state index is -0.639. The average molecular weight is 419 g/mol. The molecule has 0 aliphatic heterocycles. The van der Waals surface area contributed by atoms with Gasteiger partial charge in [0.05, 0.1) is 24.3 Å². The number of rotatable bonds is 7. The third-order valence-electron chi connectivity index (χ3n) is 5.65. The van der Waals surface area contributed by atoms with Crippen LogP contribution in [-0.4, -0.2) is 27.3 Å².